The SMILES string of the molecule is CCc1ccc(-c2nc3ccc(C)cn3c2N=Nc2ccccc2C)cc1. The molecule has 0 unspecified atom stereocenters. The molecule has 27 heavy (non-hydrogen) atoms. The van der Waals surface area contributed by atoms with Crippen LogP contribution in [0.15, 0.2) is 77.1 Å². The summed E-state index contributed by atoms with van der Waals surface area (Å²) in [6, 6.07) is 20.6. The van der Waals surface area contributed by atoms with Crippen molar-refractivity contribution in [2.75, 3.05) is 0 Å². The highest BCUT2D eigenvalue weighted by molar-refractivity contribution is 5.74. The van der Waals surface area contributed by atoms with Gasteiger partial charge in [-0.3, -0.25) is 4.40 Å². The highest BCUT2D eigenvalue weighted by atomic mass is 15.2. The van der Waals surface area contributed by atoms with E-state index >= 15 is 0 Å². The van der Waals surface area contributed by atoms with Crippen LogP contribution in [0.5, 0.6) is 0 Å². The van der Waals surface area contributed by atoms with E-state index in [0.29, 0.717) is 0 Å². The molecule has 4 aromatic rings. The fraction of sp³-hybridized carbons (Fsp3) is 0.174. The number of azo groups is 1. The summed E-state index contributed by atoms with van der Waals surface area (Å²) in [5, 5.41) is 9.12. The van der Waals surface area contributed by atoms with E-state index in [4.69, 9.17) is 4.98 Å². The predicted molar refractivity (Wildman–Crippen MR) is 110 cm³/mol. The van der Waals surface area contributed by atoms with Crippen LogP contribution in [0.4, 0.5) is 11.5 Å². The van der Waals surface area contributed by atoms with E-state index in [2.05, 4.69) is 60.6 Å². The van der Waals surface area contributed by atoms with Crippen molar-refractivity contribution in [2.45, 2.75) is 27.2 Å². The zero-order valence-corrected chi connectivity index (χ0v) is 15.8. The van der Waals surface area contributed by atoms with Gasteiger partial charge in [0.1, 0.15) is 11.3 Å². The number of hydrogen-bond donors (Lipinski definition) is 0. The Kier molecular flexibility index (Phi) is 4.55. The van der Waals surface area contributed by atoms with Crippen LogP contribution in [-0.2, 0) is 6.42 Å². The van der Waals surface area contributed by atoms with Gasteiger partial charge in [0.2, 0.25) is 0 Å². The van der Waals surface area contributed by atoms with Gasteiger partial charge < -0.3 is 0 Å². The molecule has 2 heterocycles. The van der Waals surface area contributed by atoms with Gasteiger partial charge in [0.15, 0.2) is 5.82 Å². The molecule has 0 saturated heterocycles. The molecular weight excluding hydrogens is 332 g/mol. The number of pyridine rings is 1. The van der Waals surface area contributed by atoms with Crippen molar-refractivity contribution in [3.05, 3.63) is 83.6 Å². The molecule has 0 fully saturated rings. The number of benzene rings is 2. The zero-order chi connectivity index (χ0) is 18.8. The largest absolute Gasteiger partial charge is 0.282 e. The van der Waals surface area contributed by atoms with Crippen LogP contribution in [0.1, 0.15) is 23.6 Å². The van der Waals surface area contributed by atoms with Crippen molar-refractivity contribution in [1.29, 1.82) is 0 Å². The smallest absolute Gasteiger partial charge is 0.187 e. The lowest BCUT2D eigenvalue weighted by atomic mass is 10.1. The van der Waals surface area contributed by atoms with Crippen molar-refractivity contribution in [2.24, 2.45) is 10.2 Å². The third-order valence-corrected chi connectivity index (χ3v) is 4.74. The second-order valence-electron chi connectivity index (χ2n) is 6.76. The molecule has 2 aromatic heterocycles. The van der Waals surface area contributed by atoms with Crippen LogP contribution in [0.3, 0.4) is 0 Å². The molecule has 0 spiro atoms. The molecule has 0 saturated carbocycles. The molecule has 0 aliphatic carbocycles. The average molecular weight is 354 g/mol. The van der Waals surface area contributed by atoms with Crippen molar-refractivity contribution >= 4 is 17.2 Å². The number of rotatable bonds is 4. The Bertz CT molecular complexity index is 1120. The molecule has 0 radical (unpaired) electrons. The first kappa shape index (κ1) is 17.2. The van der Waals surface area contributed by atoms with Gasteiger partial charge in [0.25, 0.3) is 0 Å². The molecule has 0 N–H and O–H groups in total. The first-order valence-electron chi connectivity index (χ1n) is 9.21. The minimum Gasteiger partial charge on any atom is -0.282 e. The standard InChI is InChI=1S/C23H22N4/c1-4-18-10-12-19(13-11-18)22-23(26-25-20-8-6-5-7-17(20)3)27-15-16(2)9-14-21(27)24-22/h5-15H,4H2,1-3H3. The molecule has 2 aromatic carbocycles. The molecule has 0 aliphatic heterocycles. The van der Waals surface area contributed by atoms with Crippen LogP contribution in [0.25, 0.3) is 16.9 Å². The monoisotopic (exact) mass is 354 g/mol. The molecule has 0 amide bonds. The molecule has 0 aliphatic rings. The van der Waals surface area contributed by atoms with Gasteiger partial charge >= 0.3 is 0 Å². The molecule has 0 atom stereocenters. The fourth-order valence-corrected chi connectivity index (χ4v) is 3.10. The van der Waals surface area contributed by atoms with E-state index in [1.807, 2.05) is 41.7 Å². The second-order valence-corrected chi connectivity index (χ2v) is 6.76. The zero-order valence-electron chi connectivity index (χ0n) is 15.8. The maximum Gasteiger partial charge on any atom is 0.187 e. The van der Waals surface area contributed by atoms with E-state index in [-0.39, 0.29) is 0 Å². The Balaban J connectivity index is 1.88. The minimum absolute atomic E-state index is 0.751. The van der Waals surface area contributed by atoms with E-state index in [0.717, 1.165) is 46.0 Å². The number of nitrogens with zero attached hydrogens (tertiary/aromatic N) is 4. The second kappa shape index (κ2) is 7.16. The summed E-state index contributed by atoms with van der Waals surface area (Å²) in [7, 11) is 0. The van der Waals surface area contributed by atoms with Crippen LogP contribution in [0.2, 0.25) is 0 Å². The van der Waals surface area contributed by atoms with Crippen molar-refractivity contribution in [1.82, 2.24) is 9.38 Å². The predicted octanol–water partition coefficient (Wildman–Crippen LogP) is 6.60. The van der Waals surface area contributed by atoms with Gasteiger partial charge in [-0.05, 0) is 49.1 Å². The molecule has 4 nitrogen and oxygen atoms in total. The lowest BCUT2D eigenvalue weighted by molar-refractivity contribution is 1.09. The summed E-state index contributed by atoms with van der Waals surface area (Å²) in [6.07, 6.45) is 3.07. The lowest BCUT2D eigenvalue weighted by Crippen LogP contribution is -1.85. The molecule has 4 heteroatoms. The van der Waals surface area contributed by atoms with Crippen LogP contribution >= 0.6 is 0 Å². The quantitative estimate of drug-likeness (QED) is 0.381. The first-order valence-corrected chi connectivity index (χ1v) is 9.21. The topological polar surface area (TPSA) is 42.0 Å². The van der Waals surface area contributed by atoms with Crippen molar-refractivity contribution in [3.8, 4) is 11.3 Å². The molecule has 0 bridgehead atoms. The Morgan fingerprint density at radius 3 is 2.41 bits per heavy atom. The molecule has 134 valence electrons. The number of aryl methyl sites for hydroxylation is 3. The van der Waals surface area contributed by atoms with Gasteiger partial charge in [-0.1, -0.05) is 55.5 Å². The summed E-state index contributed by atoms with van der Waals surface area (Å²) in [5.74, 6) is 0.751. The van der Waals surface area contributed by atoms with E-state index in [9.17, 15) is 0 Å². The Morgan fingerprint density at radius 1 is 0.889 bits per heavy atom. The summed E-state index contributed by atoms with van der Waals surface area (Å²) >= 11 is 0. The first-order chi connectivity index (χ1) is 13.2. The third kappa shape index (κ3) is 3.38. The van der Waals surface area contributed by atoms with Gasteiger partial charge in [-0.15, -0.1) is 10.2 Å². The van der Waals surface area contributed by atoms with Crippen LogP contribution in [0, 0.1) is 13.8 Å². The average Bonchev–Trinajstić information content (AvgIpc) is 3.05. The van der Waals surface area contributed by atoms with Gasteiger partial charge in [0.05, 0.1) is 5.69 Å². The number of imidazole rings is 1. The summed E-state index contributed by atoms with van der Waals surface area (Å²) in [6.45, 7) is 6.26. The highest BCUT2D eigenvalue weighted by Gasteiger charge is 2.14. The third-order valence-electron chi connectivity index (χ3n) is 4.74. The van der Waals surface area contributed by atoms with Crippen LogP contribution in [-0.4, -0.2) is 9.38 Å². The summed E-state index contributed by atoms with van der Waals surface area (Å²) < 4.78 is 2.01. The van der Waals surface area contributed by atoms with Crippen LogP contribution < -0.4 is 0 Å². The van der Waals surface area contributed by atoms with Gasteiger partial charge in [-0.2, -0.15) is 0 Å². The van der Waals surface area contributed by atoms with E-state index in [1.165, 1.54) is 5.56 Å². The Morgan fingerprint density at radius 2 is 1.67 bits per heavy atom. The normalized spacial score (nSPS) is 11.5. The number of fused-ring (bicyclic) bond motifs is 1. The summed E-state index contributed by atoms with van der Waals surface area (Å²) in [4.78, 5) is 4.82. The van der Waals surface area contributed by atoms with Crippen molar-refractivity contribution < 1.29 is 0 Å². The molecule has 4 rings (SSSR count). The number of hydrogen-bond acceptors (Lipinski definition) is 3. The van der Waals surface area contributed by atoms with Crippen molar-refractivity contribution in [3.63, 3.8) is 0 Å². The fourth-order valence-electron chi connectivity index (χ4n) is 3.10. The van der Waals surface area contributed by atoms with E-state index in [1.54, 1.807) is 0 Å². The highest BCUT2D eigenvalue weighted by Crippen LogP contribution is 2.33. The minimum atomic E-state index is 0.751. The summed E-state index contributed by atoms with van der Waals surface area (Å²) in [5.41, 5.74) is 7.19. The van der Waals surface area contributed by atoms with E-state index < -0.39 is 0 Å². The van der Waals surface area contributed by atoms with Gasteiger partial charge in [-0.25, -0.2) is 4.98 Å². The Hall–Kier alpha value is -3.27. The maximum atomic E-state index is 4.82. The Labute approximate surface area is 159 Å². The maximum absolute atomic E-state index is 4.82. The molecular formula is C23H22N4. The lowest BCUT2D eigenvalue weighted by Gasteiger charge is -2.02. The number of aromatic nitrogens is 2. The van der Waals surface area contributed by atoms with Gasteiger partial charge in [0, 0.05) is 11.8 Å².